The molecule has 1 aromatic carbocycles. The number of rotatable bonds is 5. The van der Waals surface area contributed by atoms with E-state index in [1.54, 1.807) is 12.1 Å². The van der Waals surface area contributed by atoms with Gasteiger partial charge in [-0.2, -0.15) is 4.31 Å². The minimum absolute atomic E-state index is 0.0828. The Labute approximate surface area is 185 Å². The first-order valence-electron chi connectivity index (χ1n) is 11.8. The SMILES string of the molecule is Cc1ccc(S(=O)(=O)N2CCC(NC(=O)C(O)C34CC5CC(CC(C5)C3)C4)CC2)cc1. The van der Waals surface area contributed by atoms with Gasteiger partial charge in [-0.3, -0.25) is 4.79 Å². The van der Waals surface area contributed by atoms with Gasteiger partial charge in [-0.15, -0.1) is 0 Å². The maximum absolute atomic E-state index is 13.0. The Morgan fingerprint density at radius 2 is 1.55 bits per heavy atom. The predicted molar refractivity (Wildman–Crippen MR) is 118 cm³/mol. The average Bonchev–Trinajstić information content (AvgIpc) is 2.73. The highest BCUT2D eigenvalue weighted by atomic mass is 32.2. The maximum atomic E-state index is 13.0. The lowest BCUT2D eigenvalue weighted by molar-refractivity contribution is -0.155. The number of amides is 1. The van der Waals surface area contributed by atoms with Gasteiger partial charge in [-0.05, 0) is 88.2 Å². The molecule has 5 fully saturated rings. The molecule has 7 heteroatoms. The molecule has 0 radical (unpaired) electrons. The molecule has 1 aliphatic heterocycles. The van der Waals surface area contributed by atoms with E-state index in [1.807, 2.05) is 19.1 Å². The van der Waals surface area contributed by atoms with Crippen molar-refractivity contribution in [2.75, 3.05) is 13.1 Å². The van der Waals surface area contributed by atoms with E-state index in [4.69, 9.17) is 0 Å². The van der Waals surface area contributed by atoms with Crippen LogP contribution in [0.25, 0.3) is 0 Å². The van der Waals surface area contributed by atoms with Crippen LogP contribution in [0.2, 0.25) is 0 Å². The molecule has 0 aromatic heterocycles. The van der Waals surface area contributed by atoms with Crippen molar-refractivity contribution in [1.29, 1.82) is 0 Å². The normalized spacial score (nSPS) is 34.6. The lowest BCUT2D eigenvalue weighted by atomic mass is 9.48. The molecule has 1 unspecified atom stereocenters. The topological polar surface area (TPSA) is 86.7 Å². The number of benzene rings is 1. The quantitative estimate of drug-likeness (QED) is 0.728. The molecule has 0 spiro atoms. The molecule has 1 aromatic rings. The molecule has 5 aliphatic rings. The standard InChI is InChI=1S/C24H34N2O4S/c1-16-2-4-21(5-3-16)31(29,30)26-8-6-20(7-9-26)25-23(28)22(27)24-13-17-10-18(14-24)12-19(11-17)15-24/h2-5,17-20,22,27H,6-15H2,1H3,(H,25,28). The molecule has 4 aliphatic carbocycles. The van der Waals surface area contributed by atoms with Gasteiger partial charge in [0.2, 0.25) is 15.9 Å². The van der Waals surface area contributed by atoms with Gasteiger partial charge in [0.15, 0.2) is 0 Å². The molecule has 4 bridgehead atoms. The van der Waals surface area contributed by atoms with E-state index in [1.165, 1.54) is 23.6 Å². The van der Waals surface area contributed by atoms with Crippen LogP contribution in [-0.4, -0.2) is 49.0 Å². The number of aryl methyl sites for hydroxylation is 1. The molecule has 1 atom stereocenters. The van der Waals surface area contributed by atoms with Crippen molar-refractivity contribution in [2.24, 2.45) is 23.2 Å². The number of nitrogens with zero attached hydrogens (tertiary/aromatic N) is 1. The van der Waals surface area contributed by atoms with Crippen LogP contribution in [0.4, 0.5) is 0 Å². The summed E-state index contributed by atoms with van der Waals surface area (Å²) in [5.74, 6) is 1.80. The van der Waals surface area contributed by atoms with Crippen LogP contribution in [0.1, 0.15) is 56.9 Å². The Bertz CT molecular complexity index is 900. The first kappa shape index (κ1) is 21.4. The minimum Gasteiger partial charge on any atom is -0.383 e. The molecule has 1 heterocycles. The zero-order chi connectivity index (χ0) is 21.8. The molecule has 6 nitrogen and oxygen atoms in total. The van der Waals surface area contributed by atoms with Crippen molar-refractivity contribution in [3.05, 3.63) is 29.8 Å². The number of carbonyl (C=O) groups excluding carboxylic acids is 1. The number of carbonyl (C=O) groups is 1. The van der Waals surface area contributed by atoms with E-state index >= 15 is 0 Å². The Hall–Kier alpha value is -1.44. The maximum Gasteiger partial charge on any atom is 0.249 e. The Morgan fingerprint density at radius 3 is 2.06 bits per heavy atom. The van der Waals surface area contributed by atoms with Crippen LogP contribution in [0.3, 0.4) is 0 Å². The van der Waals surface area contributed by atoms with Crippen molar-refractivity contribution < 1.29 is 18.3 Å². The predicted octanol–water partition coefficient (Wildman–Crippen LogP) is 2.84. The highest BCUT2D eigenvalue weighted by molar-refractivity contribution is 7.89. The first-order chi connectivity index (χ1) is 14.7. The van der Waals surface area contributed by atoms with Gasteiger partial charge < -0.3 is 10.4 Å². The van der Waals surface area contributed by atoms with Crippen molar-refractivity contribution in [2.45, 2.75) is 75.3 Å². The van der Waals surface area contributed by atoms with Crippen LogP contribution < -0.4 is 5.32 Å². The Morgan fingerprint density at radius 1 is 1.03 bits per heavy atom. The Kier molecular flexibility index (Phi) is 5.42. The van der Waals surface area contributed by atoms with Gasteiger partial charge in [0.25, 0.3) is 0 Å². The summed E-state index contributed by atoms with van der Waals surface area (Å²) in [4.78, 5) is 13.3. The first-order valence-corrected chi connectivity index (χ1v) is 13.2. The number of piperidine rings is 1. The van der Waals surface area contributed by atoms with Crippen LogP contribution in [0.5, 0.6) is 0 Å². The van der Waals surface area contributed by atoms with Crippen molar-refractivity contribution in [3.63, 3.8) is 0 Å². The molecule has 2 N–H and O–H groups in total. The van der Waals surface area contributed by atoms with Crippen LogP contribution in [0.15, 0.2) is 29.2 Å². The van der Waals surface area contributed by atoms with Gasteiger partial charge in [0.1, 0.15) is 6.10 Å². The second kappa shape index (κ2) is 7.85. The summed E-state index contributed by atoms with van der Waals surface area (Å²) in [6, 6.07) is 6.85. The van der Waals surface area contributed by atoms with Gasteiger partial charge in [0, 0.05) is 24.5 Å². The summed E-state index contributed by atoms with van der Waals surface area (Å²) < 4.78 is 27.3. The molecule has 4 saturated carbocycles. The number of hydrogen-bond donors (Lipinski definition) is 2. The number of nitrogens with one attached hydrogen (secondary N) is 1. The number of aliphatic hydroxyl groups excluding tert-OH is 1. The zero-order valence-corrected chi connectivity index (χ0v) is 19.1. The Balaban J connectivity index is 1.18. The smallest absolute Gasteiger partial charge is 0.249 e. The lowest BCUT2D eigenvalue weighted by Crippen LogP contribution is -2.57. The van der Waals surface area contributed by atoms with Crippen LogP contribution in [-0.2, 0) is 14.8 Å². The number of hydrogen-bond acceptors (Lipinski definition) is 4. The van der Waals surface area contributed by atoms with E-state index in [2.05, 4.69) is 5.32 Å². The second-order valence-electron chi connectivity index (χ2n) is 10.7. The van der Waals surface area contributed by atoms with Gasteiger partial charge in [-0.25, -0.2) is 8.42 Å². The van der Waals surface area contributed by atoms with Crippen molar-refractivity contribution in [1.82, 2.24) is 9.62 Å². The van der Waals surface area contributed by atoms with E-state index < -0.39 is 16.1 Å². The van der Waals surface area contributed by atoms with Gasteiger partial charge in [0.05, 0.1) is 4.90 Å². The van der Waals surface area contributed by atoms with E-state index in [0.29, 0.717) is 48.6 Å². The van der Waals surface area contributed by atoms with Gasteiger partial charge >= 0.3 is 0 Å². The summed E-state index contributed by atoms with van der Waals surface area (Å²) >= 11 is 0. The van der Waals surface area contributed by atoms with Crippen LogP contribution >= 0.6 is 0 Å². The number of aliphatic hydroxyl groups is 1. The van der Waals surface area contributed by atoms with E-state index in [-0.39, 0.29) is 17.4 Å². The van der Waals surface area contributed by atoms with E-state index in [9.17, 15) is 18.3 Å². The summed E-state index contributed by atoms with van der Waals surface area (Å²) in [5, 5.41) is 14.1. The van der Waals surface area contributed by atoms with Crippen LogP contribution in [0, 0.1) is 30.1 Å². The molecule has 6 rings (SSSR count). The van der Waals surface area contributed by atoms with Crippen molar-refractivity contribution in [3.8, 4) is 0 Å². The summed E-state index contributed by atoms with van der Waals surface area (Å²) in [7, 11) is -3.51. The molecule has 170 valence electrons. The fourth-order valence-electron chi connectivity index (χ4n) is 7.17. The summed E-state index contributed by atoms with van der Waals surface area (Å²) in [6.45, 7) is 2.70. The fourth-order valence-corrected chi connectivity index (χ4v) is 8.64. The molecular weight excluding hydrogens is 412 g/mol. The molecule has 1 saturated heterocycles. The fraction of sp³-hybridized carbons (Fsp3) is 0.708. The summed E-state index contributed by atoms with van der Waals surface area (Å²) in [5.41, 5.74) is 0.798. The monoisotopic (exact) mass is 446 g/mol. The average molecular weight is 447 g/mol. The molecule has 31 heavy (non-hydrogen) atoms. The third-order valence-corrected chi connectivity index (χ3v) is 10.3. The zero-order valence-electron chi connectivity index (χ0n) is 18.3. The van der Waals surface area contributed by atoms with Crippen molar-refractivity contribution >= 4 is 15.9 Å². The summed E-state index contributed by atoms with van der Waals surface area (Å²) in [6.07, 6.45) is 7.01. The largest absolute Gasteiger partial charge is 0.383 e. The molecule has 1 amide bonds. The van der Waals surface area contributed by atoms with Gasteiger partial charge in [-0.1, -0.05) is 17.7 Å². The minimum atomic E-state index is -3.51. The third kappa shape index (κ3) is 3.93. The van der Waals surface area contributed by atoms with E-state index in [0.717, 1.165) is 24.8 Å². The lowest BCUT2D eigenvalue weighted by Gasteiger charge is -2.58. The highest BCUT2D eigenvalue weighted by Gasteiger charge is 2.55. The molecular formula is C24H34N2O4S. The second-order valence-corrected chi connectivity index (χ2v) is 12.6. The highest BCUT2D eigenvalue weighted by Crippen LogP contribution is 2.61. The number of sulfonamides is 1. The third-order valence-electron chi connectivity index (χ3n) is 8.37.